The fraction of sp³-hybridized carbons (Fsp3) is 0.250. The molecule has 0 amide bonds. The second kappa shape index (κ2) is 6.63. The SMILES string of the molecule is CCOC(=O)C(=O)CC(=O)c1cc(F)c(Cl)cc1Cl. The molecule has 1 rings (SSSR count). The number of halogens is 3. The molecular formula is C12H9Cl2FO4. The first kappa shape index (κ1) is 15.6. The molecule has 0 bridgehead atoms. The maximum absolute atomic E-state index is 13.2. The number of rotatable bonds is 5. The fourth-order valence-corrected chi connectivity index (χ4v) is 1.75. The predicted octanol–water partition coefficient (Wildman–Crippen LogP) is 2.84. The minimum atomic E-state index is -1.11. The molecule has 0 aromatic heterocycles. The molecule has 102 valence electrons. The largest absolute Gasteiger partial charge is 0.460 e. The van der Waals surface area contributed by atoms with Crippen LogP contribution in [0.5, 0.6) is 0 Å². The molecule has 1 aromatic carbocycles. The van der Waals surface area contributed by atoms with Gasteiger partial charge in [-0.1, -0.05) is 23.2 Å². The highest BCUT2D eigenvalue weighted by molar-refractivity contribution is 6.40. The van der Waals surface area contributed by atoms with Gasteiger partial charge in [0.1, 0.15) is 5.82 Å². The van der Waals surface area contributed by atoms with Crippen molar-refractivity contribution >= 4 is 40.7 Å². The van der Waals surface area contributed by atoms with Crippen LogP contribution in [0.4, 0.5) is 4.39 Å². The first-order valence-electron chi connectivity index (χ1n) is 5.24. The number of hydrogen-bond donors (Lipinski definition) is 0. The molecule has 19 heavy (non-hydrogen) atoms. The Morgan fingerprint density at radius 3 is 2.42 bits per heavy atom. The van der Waals surface area contributed by atoms with Crippen LogP contribution in [0.1, 0.15) is 23.7 Å². The number of carbonyl (C=O) groups excluding carboxylic acids is 3. The smallest absolute Gasteiger partial charge is 0.375 e. The first-order valence-corrected chi connectivity index (χ1v) is 6.00. The zero-order chi connectivity index (χ0) is 14.6. The van der Waals surface area contributed by atoms with Crippen molar-refractivity contribution in [2.75, 3.05) is 6.61 Å². The third kappa shape index (κ3) is 4.01. The number of benzene rings is 1. The van der Waals surface area contributed by atoms with Gasteiger partial charge in [0.25, 0.3) is 0 Å². The van der Waals surface area contributed by atoms with Crippen molar-refractivity contribution in [3.8, 4) is 0 Å². The first-order chi connectivity index (χ1) is 8.86. The number of carbonyl (C=O) groups is 3. The van der Waals surface area contributed by atoms with Crippen LogP contribution in [0.2, 0.25) is 10.0 Å². The Kier molecular flexibility index (Phi) is 5.44. The Balaban J connectivity index is 2.87. The van der Waals surface area contributed by atoms with Gasteiger partial charge in [0.15, 0.2) is 5.78 Å². The Hall–Kier alpha value is -1.46. The number of esters is 1. The monoisotopic (exact) mass is 306 g/mol. The third-order valence-corrected chi connectivity index (χ3v) is 2.74. The molecule has 0 aliphatic rings. The fourth-order valence-electron chi connectivity index (χ4n) is 1.26. The lowest BCUT2D eigenvalue weighted by molar-refractivity contribution is -0.153. The lowest BCUT2D eigenvalue weighted by Gasteiger charge is -2.04. The van der Waals surface area contributed by atoms with Gasteiger partial charge in [-0.25, -0.2) is 9.18 Å². The second-order valence-corrected chi connectivity index (χ2v) is 4.30. The van der Waals surface area contributed by atoms with Crippen LogP contribution in [0.15, 0.2) is 12.1 Å². The average Bonchev–Trinajstić information content (AvgIpc) is 2.33. The molecule has 0 radical (unpaired) electrons. The Morgan fingerprint density at radius 2 is 1.84 bits per heavy atom. The zero-order valence-corrected chi connectivity index (χ0v) is 11.3. The Morgan fingerprint density at radius 1 is 1.21 bits per heavy atom. The summed E-state index contributed by atoms with van der Waals surface area (Å²) in [5.41, 5.74) is -0.207. The lowest BCUT2D eigenvalue weighted by atomic mass is 10.1. The van der Waals surface area contributed by atoms with Crippen molar-refractivity contribution in [2.45, 2.75) is 13.3 Å². The maximum Gasteiger partial charge on any atom is 0.375 e. The van der Waals surface area contributed by atoms with E-state index < -0.39 is 29.8 Å². The Labute approximate surface area is 118 Å². The number of hydrogen-bond acceptors (Lipinski definition) is 4. The molecule has 7 heteroatoms. The Bertz CT molecular complexity index is 543. The molecule has 0 unspecified atom stereocenters. The van der Waals surface area contributed by atoms with Gasteiger partial charge in [0, 0.05) is 5.56 Å². The summed E-state index contributed by atoms with van der Waals surface area (Å²) in [6.07, 6.45) is -0.736. The standard InChI is InChI=1S/C12H9Cl2FO4/c1-2-19-12(18)11(17)5-10(16)6-3-9(15)8(14)4-7(6)13/h3-4H,2,5H2,1H3. The van der Waals surface area contributed by atoms with E-state index >= 15 is 0 Å². The van der Waals surface area contributed by atoms with E-state index in [0.717, 1.165) is 12.1 Å². The highest BCUT2D eigenvalue weighted by Crippen LogP contribution is 2.25. The van der Waals surface area contributed by atoms with E-state index in [2.05, 4.69) is 4.74 Å². The van der Waals surface area contributed by atoms with Crippen LogP contribution in [-0.4, -0.2) is 24.1 Å². The zero-order valence-electron chi connectivity index (χ0n) is 9.84. The van der Waals surface area contributed by atoms with Crippen LogP contribution in [-0.2, 0) is 14.3 Å². The molecule has 0 aliphatic carbocycles. The van der Waals surface area contributed by atoms with E-state index in [1.165, 1.54) is 6.92 Å². The quantitative estimate of drug-likeness (QED) is 0.276. The topological polar surface area (TPSA) is 60.4 Å². The van der Waals surface area contributed by atoms with Crippen molar-refractivity contribution in [2.24, 2.45) is 0 Å². The van der Waals surface area contributed by atoms with E-state index in [4.69, 9.17) is 23.2 Å². The summed E-state index contributed by atoms with van der Waals surface area (Å²) >= 11 is 11.2. The summed E-state index contributed by atoms with van der Waals surface area (Å²) in [4.78, 5) is 34.1. The molecule has 0 heterocycles. The van der Waals surface area contributed by atoms with Crippen molar-refractivity contribution in [3.05, 3.63) is 33.6 Å². The summed E-state index contributed by atoms with van der Waals surface area (Å²) in [6.45, 7) is 1.55. The summed E-state index contributed by atoms with van der Waals surface area (Å²) in [5, 5.41) is -0.327. The van der Waals surface area contributed by atoms with E-state index in [1.54, 1.807) is 0 Å². The molecule has 1 aromatic rings. The van der Waals surface area contributed by atoms with Gasteiger partial charge < -0.3 is 4.74 Å². The van der Waals surface area contributed by atoms with Crippen molar-refractivity contribution in [1.82, 2.24) is 0 Å². The molecule has 0 saturated heterocycles. The lowest BCUT2D eigenvalue weighted by Crippen LogP contribution is -2.20. The molecule has 0 aliphatic heterocycles. The second-order valence-electron chi connectivity index (χ2n) is 3.49. The van der Waals surface area contributed by atoms with Gasteiger partial charge in [-0.2, -0.15) is 0 Å². The molecule has 4 nitrogen and oxygen atoms in total. The van der Waals surface area contributed by atoms with Crippen molar-refractivity contribution in [3.63, 3.8) is 0 Å². The molecule has 0 saturated carbocycles. The number of Topliss-reactive ketones (excluding diaryl/α,β-unsaturated/α-hetero) is 2. The molecule has 0 N–H and O–H groups in total. The molecule has 0 spiro atoms. The molecular weight excluding hydrogens is 298 g/mol. The maximum atomic E-state index is 13.2. The van der Waals surface area contributed by atoms with Gasteiger partial charge in [-0.05, 0) is 19.1 Å². The summed E-state index contributed by atoms with van der Waals surface area (Å²) in [5.74, 6) is -3.74. The highest BCUT2D eigenvalue weighted by Gasteiger charge is 2.22. The molecule has 0 atom stereocenters. The van der Waals surface area contributed by atoms with E-state index in [0.29, 0.717) is 0 Å². The summed E-state index contributed by atoms with van der Waals surface area (Å²) in [6, 6.07) is 1.88. The van der Waals surface area contributed by atoms with Crippen LogP contribution in [0, 0.1) is 5.82 Å². The van der Waals surface area contributed by atoms with Crippen LogP contribution in [0.3, 0.4) is 0 Å². The van der Waals surface area contributed by atoms with Crippen molar-refractivity contribution in [1.29, 1.82) is 0 Å². The minimum absolute atomic E-state index is 0.0229. The minimum Gasteiger partial charge on any atom is -0.460 e. The number of ether oxygens (including phenoxy) is 1. The summed E-state index contributed by atoms with van der Waals surface area (Å²) in [7, 11) is 0. The normalized spacial score (nSPS) is 10.1. The van der Waals surface area contributed by atoms with E-state index in [-0.39, 0.29) is 22.2 Å². The summed E-state index contributed by atoms with van der Waals surface area (Å²) < 4.78 is 17.7. The average molecular weight is 307 g/mol. The van der Waals surface area contributed by atoms with E-state index in [1.807, 2.05) is 0 Å². The van der Waals surface area contributed by atoms with Crippen molar-refractivity contribution < 1.29 is 23.5 Å². The predicted molar refractivity (Wildman–Crippen MR) is 67.0 cm³/mol. The highest BCUT2D eigenvalue weighted by atomic mass is 35.5. The van der Waals surface area contributed by atoms with Gasteiger partial charge in [-0.3, -0.25) is 9.59 Å². The third-order valence-electron chi connectivity index (χ3n) is 2.13. The van der Waals surface area contributed by atoms with Gasteiger partial charge in [0.05, 0.1) is 23.1 Å². The van der Waals surface area contributed by atoms with Gasteiger partial charge in [-0.15, -0.1) is 0 Å². The number of ketones is 2. The van der Waals surface area contributed by atoms with Crippen LogP contribution in [0.25, 0.3) is 0 Å². The van der Waals surface area contributed by atoms with Crippen LogP contribution >= 0.6 is 23.2 Å². The van der Waals surface area contributed by atoms with E-state index in [9.17, 15) is 18.8 Å². The molecule has 0 fully saturated rings. The van der Waals surface area contributed by atoms with Crippen LogP contribution < -0.4 is 0 Å². The van der Waals surface area contributed by atoms with Gasteiger partial charge in [0.2, 0.25) is 5.78 Å². The van der Waals surface area contributed by atoms with Gasteiger partial charge >= 0.3 is 5.97 Å².